The number of carbonyl (C=O) groups excluding carboxylic acids is 1. The maximum Gasteiger partial charge on any atom is 0.251 e. The second kappa shape index (κ2) is 6.03. The van der Waals surface area contributed by atoms with Gasteiger partial charge in [-0.15, -0.1) is 0 Å². The first-order chi connectivity index (χ1) is 9.58. The monoisotopic (exact) mass is 274 g/mol. The predicted molar refractivity (Wildman–Crippen MR) is 72.3 cm³/mol. The van der Waals surface area contributed by atoms with Crippen molar-refractivity contribution >= 4 is 5.91 Å². The molecule has 0 saturated heterocycles. The van der Waals surface area contributed by atoms with Crippen LogP contribution in [0.4, 0.5) is 0 Å². The fraction of sp³-hybridized carbons (Fsp3) is 0.143. The first kappa shape index (κ1) is 13.8. The number of carbonyl (C=O) groups is 1. The van der Waals surface area contributed by atoms with Crippen LogP contribution < -0.4 is 10.9 Å². The Morgan fingerprint density at radius 2 is 1.80 bits per heavy atom. The zero-order valence-corrected chi connectivity index (χ0v) is 10.6. The molecule has 1 aromatic carbocycles. The second-order valence-corrected chi connectivity index (χ2v) is 4.28. The largest absolute Gasteiger partial charge is 0.494 e. The van der Waals surface area contributed by atoms with Crippen molar-refractivity contribution in [2.45, 2.75) is 13.2 Å². The highest BCUT2D eigenvalue weighted by molar-refractivity contribution is 5.94. The lowest BCUT2D eigenvalue weighted by molar-refractivity contribution is 0.0950. The van der Waals surface area contributed by atoms with E-state index in [4.69, 9.17) is 5.11 Å². The van der Waals surface area contributed by atoms with Gasteiger partial charge in [0.15, 0.2) is 5.88 Å². The van der Waals surface area contributed by atoms with E-state index in [1.54, 1.807) is 24.3 Å². The molecule has 0 spiro atoms. The summed E-state index contributed by atoms with van der Waals surface area (Å²) in [5, 5.41) is 20.8. The van der Waals surface area contributed by atoms with Gasteiger partial charge in [-0.3, -0.25) is 14.6 Å². The van der Waals surface area contributed by atoms with Crippen LogP contribution in [-0.2, 0) is 13.2 Å². The fourth-order valence-electron chi connectivity index (χ4n) is 1.71. The maximum absolute atomic E-state index is 11.8. The van der Waals surface area contributed by atoms with Gasteiger partial charge in [0.2, 0.25) is 0 Å². The van der Waals surface area contributed by atoms with Crippen LogP contribution in [0.2, 0.25) is 0 Å². The van der Waals surface area contributed by atoms with E-state index in [1.165, 1.54) is 6.07 Å². The third-order valence-electron chi connectivity index (χ3n) is 2.75. The van der Waals surface area contributed by atoms with Crippen LogP contribution in [0.25, 0.3) is 0 Å². The van der Waals surface area contributed by atoms with Crippen LogP contribution >= 0.6 is 0 Å². The Bertz CT molecular complexity index is 662. The second-order valence-electron chi connectivity index (χ2n) is 4.28. The van der Waals surface area contributed by atoms with Crippen molar-refractivity contribution in [3.05, 3.63) is 63.4 Å². The van der Waals surface area contributed by atoms with Gasteiger partial charge in [-0.2, -0.15) is 0 Å². The molecule has 2 rings (SSSR count). The first-order valence-corrected chi connectivity index (χ1v) is 5.98. The van der Waals surface area contributed by atoms with E-state index in [9.17, 15) is 14.7 Å². The molecule has 0 aliphatic carbocycles. The minimum absolute atomic E-state index is 0.0291. The van der Waals surface area contributed by atoms with Gasteiger partial charge in [0.1, 0.15) is 0 Å². The van der Waals surface area contributed by atoms with Gasteiger partial charge in [0.25, 0.3) is 11.5 Å². The quantitative estimate of drug-likeness (QED) is 0.652. The summed E-state index contributed by atoms with van der Waals surface area (Å²) >= 11 is 0. The van der Waals surface area contributed by atoms with E-state index in [0.29, 0.717) is 0 Å². The van der Waals surface area contributed by atoms with Crippen LogP contribution in [0.15, 0.2) is 41.2 Å². The van der Waals surface area contributed by atoms with E-state index in [-0.39, 0.29) is 24.6 Å². The highest BCUT2D eigenvalue weighted by atomic mass is 16.3. The average molecular weight is 274 g/mol. The number of H-pyrrole nitrogens is 1. The summed E-state index contributed by atoms with van der Waals surface area (Å²) in [6.07, 6.45) is 0. The number of aromatic hydroxyl groups is 1. The summed E-state index contributed by atoms with van der Waals surface area (Å²) in [5.41, 5.74) is 1.21. The molecule has 0 unspecified atom stereocenters. The molecule has 0 bridgehead atoms. The normalized spacial score (nSPS) is 10.2. The molecule has 1 heterocycles. The smallest absolute Gasteiger partial charge is 0.251 e. The van der Waals surface area contributed by atoms with Gasteiger partial charge in [-0.05, 0) is 11.1 Å². The Morgan fingerprint density at radius 3 is 2.40 bits per heavy atom. The standard InChI is InChI=1S/C14H14N2O4/c17-8-10-3-1-9(2-4-10)7-15-14(20)11-5-12(18)16-13(19)6-11/h1-6,17H,7-8H2,(H,15,20)(H2,16,18,19). The Hall–Kier alpha value is -2.60. The van der Waals surface area contributed by atoms with E-state index in [1.807, 2.05) is 0 Å². The molecule has 0 saturated carbocycles. The van der Waals surface area contributed by atoms with Crippen LogP contribution in [0, 0.1) is 0 Å². The number of pyridine rings is 1. The van der Waals surface area contributed by atoms with Crippen LogP contribution in [0.3, 0.4) is 0 Å². The number of aromatic amines is 1. The number of hydrogen-bond acceptors (Lipinski definition) is 4. The molecule has 0 radical (unpaired) electrons. The van der Waals surface area contributed by atoms with Gasteiger partial charge in [0.05, 0.1) is 12.2 Å². The Labute approximate surface area is 114 Å². The number of aliphatic hydroxyl groups is 1. The molecular formula is C14H14N2O4. The molecule has 0 aliphatic rings. The minimum Gasteiger partial charge on any atom is -0.494 e. The summed E-state index contributed by atoms with van der Waals surface area (Å²) in [7, 11) is 0. The highest BCUT2D eigenvalue weighted by Gasteiger charge is 2.07. The summed E-state index contributed by atoms with van der Waals surface area (Å²) in [6.45, 7) is 0.261. The molecule has 0 aliphatic heterocycles. The lowest BCUT2D eigenvalue weighted by Crippen LogP contribution is -2.24. The van der Waals surface area contributed by atoms with Gasteiger partial charge in [-0.1, -0.05) is 24.3 Å². The molecular weight excluding hydrogens is 260 g/mol. The van der Waals surface area contributed by atoms with Gasteiger partial charge < -0.3 is 15.5 Å². The average Bonchev–Trinajstić information content (AvgIpc) is 2.44. The van der Waals surface area contributed by atoms with Crippen molar-refractivity contribution < 1.29 is 15.0 Å². The zero-order valence-electron chi connectivity index (χ0n) is 10.6. The van der Waals surface area contributed by atoms with Crippen LogP contribution in [0.5, 0.6) is 5.88 Å². The van der Waals surface area contributed by atoms with Gasteiger partial charge in [0, 0.05) is 18.7 Å². The molecule has 20 heavy (non-hydrogen) atoms. The minimum atomic E-state index is -0.539. The molecule has 2 aromatic rings. The zero-order chi connectivity index (χ0) is 14.5. The van der Waals surface area contributed by atoms with Gasteiger partial charge in [-0.25, -0.2) is 0 Å². The maximum atomic E-state index is 11.8. The number of aromatic nitrogens is 1. The number of nitrogens with one attached hydrogen (secondary N) is 2. The summed E-state index contributed by atoms with van der Waals surface area (Å²) in [5.74, 6) is -0.799. The fourth-order valence-corrected chi connectivity index (χ4v) is 1.71. The Balaban J connectivity index is 2.02. The molecule has 0 fully saturated rings. The molecule has 4 N–H and O–H groups in total. The van der Waals surface area contributed by atoms with E-state index >= 15 is 0 Å². The number of aliphatic hydroxyl groups excluding tert-OH is 1. The molecule has 1 aromatic heterocycles. The number of amides is 1. The lowest BCUT2D eigenvalue weighted by atomic mass is 10.1. The molecule has 6 heteroatoms. The summed E-state index contributed by atoms with van der Waals surface area (Å²) < 4.78 is 0. The third-order valence-corrected chi connectivity index (χ3v) is 2.75. The Morgan fingerprint density at radius 1 is 1.15 bits per heavy atom. The van der Waals surface area contributed by atoms with Crippen LogP contribution in [-0.4, -0.2) is 21.1 Å². The first-order valence-electron chi connectivity index (χ1n) is 5.98. The number of benzene rings is 1. The number of hydrogen-bond donors (Lipinski definition) is 4. The summed E-state index contributed by atoms with van der Waals surface area (Å²) in [4.78, 5) is 25.1. The van der Waals surface area contributed by atoms with Gasteiger partial charge >= 0.3 is 0 Å². The van der Waals surface area contributed by atoms with E-state index < -0.39 is 11.5 Å². The molecule has 6 nitrogen and oxygen atoms in total. The predicted octanol–water partition coefficient (Wildman–Crippen LogP) is 0.503. The van der Waals surface area contributed by atoms with Crippen molar-refractivity contribution in [1.82, 2.24) is 10.3 Å². The third kappa shape index (κ3) is 3.46. The highest BCUT2D eigenvalue weighted by Crippen LogP contribution is 2.06. The summed E-state index contributed by atoms with van der Waals surface area (Å²) in [6, 6.07) is 9.42. The van der Waals surface area contributed by atoms with Crippen molar-refractivity contribution in [1.29, 1.82) is 0 Å². The van der Waals surface area contributed by atoms with Crippen molar-refractivity contribution in [2.24, 2.45) is 0 Å². The Kier molecular flexibility index (Phi) is 4.17. The number of rotatable bonds is 4. The van der Waals surface area contributed by atoms with Crippen molar-refractivity contribution in [3.8, 4) is 5.88 Å². The topological polar surface area (TPSA) is 102 Å². The molecule has 1 amide bonds. The van der Waals surface area contributed by atoms with Crippen molar-refractivity contribution in [2.75, 3.05) is 0 Å². The molecule has 104 valence electrons. The van der Waals surface area contributed by atoms with E-state index in [0.717, 1.165) is 17.2 Å². The SMILES string of the molecule is O=C(NCc1ccc(CO)cc1)c1cc(O)[nH]c(=O)c1. The van der Waals surface area contributed by atoms with Crippen LogP contribution in [0.1, 0.15) is 21.5 Å². The molecule has 0 atom stereocenters. The van der Waals surface area contributed by atoms with E-state index in [2.05, 4.69) is 10.3 Å². The van der Waals surface area contributed by atoms with Crippen molar-refractivity contribution in [3.63, 3.8) is 0 Å². The lowest BCUT2D eigenvalue weighted by Gasteiger charge is -2.06.